The Balaban J connectivity index is 1.78. The molecule has 0 radical (unpaired) electrons. The molecule has 0 saturated carbocycles. The van der Waals surface area contributed by atoms with Gasteiger partial charge in [-0.2, -0.15) is 0 Å². The summed E-state index contributed by atoms with van der Waals surface area (Å²) in [5, 5.41) is 0.613. The third-order valence-electron chi connectivity index (χ3n) is 3.62. The minimum Gasteiger partial charge on any atom is -0.268 e. The predicted octanol–water partition coefficient (Wildman–Crippen LogP) is 5.27. The van der Waals surface area contributed by atoms with Gasteiger partial charge < -0.3 is 0 Å². The van der Waals surface area contributed by atoms with E-state index in [1.807, 2.05) is 30.3 Å². The van der Waals surface area contributed by atoms with Crippen LogP contribution < -0.4 is 0 Å². The molecular formula is C18H13Cl2NO2S. The van der Waals surface area contributed by atoms with Crippen LogP contribution >= 0.6 is 35.0 Å². The maximum atomic E-state index is 12.5. The second kappa shape index (κ2) is 7.43. The van der Waals surface area contributed by atoms with Crippen LogP contribution in [0, 0.1) is 0 Å². The van der Waals surface area contributed by atoms with Crippen LogP contribution in [-0.4, -0.2) is 22.6 Å². The predicted molar refractivity (Wildman–Crippen MR) is 99.3 cm³/mol. The number of benzene rings is 2. The highest BCUT2D eigenvalue weighted by atomic mass is 35.5. The van der Waals surface area contributed by atoms with Crippen molar-refractivity contribution in [1.29, 1.82) is 0 Å². The van der Waals surface area contributed by atoms with Gasteiger partial charge in [-0.25, -0.2) is 0 Å². The molecule has 1 heterocycles. The van der Waals surface area contributed by atoms with Crippen LogP contribution in [0.3, 0.4) is 0 Å². The van der Waals surface area contributed by atoms with Crippen LogP contribution in [0.25, 0.3) is 6.08 Å². The van der Waals surface area contributed by atoms with Gasteiger partial charge in [-0.1, -0.05) is 59.6 Å². The molecule has 0 unspecified atom stereocenters. The summed E-state index contributed by atoms with van der Waals surface area (Å²) < 4.78 is 0. The third-order valence-corrected chi connectivity index (χ3v) is 5.18. The van der Waals surface area contributed by atoms with Gasteiger partial charge in [-0.15, -0.1) is 0 Å². The zero-order valence-electron chi connectivity index (χ0n) is 12.5. The average Bonchev–Trinajstić information content (AvgIpc) is 2.84. The van der Waals surface area contributed by atoms with Crippen LogP contribution in [0.1, 0.15) is 11.1 Å². The first-order valence-electron chi connectivity index (χ1n) is 7.29. The second-order valence-corrected chi connectivity index (χ2v) is 7.01. The Labute approximate surface area is 154 Å². The van der Waals surface area contributed by atoms with E-state index >= 15 is 0 Å². The van der Waals surface area contributed by atoms with Crippen LogP contribution in [0.2, 0.25) is 10.0 Å². The molecule has 0 aromatic heterocycles. The van der Waals surface area contributed by atoms with Crippen molar-refractivity contribution in [3.05, 3.63) is 74.6 Å². The number of nitrogens with zero attached hydrogens (tertiary/aromatic N) is 1. The van der Waals surface area contributed by atoms with Crippen LogP contribution in [-0.2, 0) is 11.2 Å². The van der Waals surface area contributed by atoms with Crippen molar-refractivity contribution in [2.45, 2.75) is 6.42 Å². The Hall–Kier alpha value is -1.75. The van der Waals surface area contributed by atoms with Crippen LogP contribution in [0.5, 0.6) is 0 Å². The maximum absolute atomic E-state index is 12.5. The number of thioether (sulfide) groups is 1. The highest BCUT2D eigenvalue weighted by Gasteiger charge is 2.34. The maximum Gasteiger partial charge on any atom is 0.293 e. The van der Waals surface area contributed by atoms with Crippen molar-refractivity contribution < 1.29 is 9.59 Å². The number of carbonyl (C=O) groups excluding carboxylic acids is 2. The smallest absolute Gasteiger partial charge is 0.268 e. The molecule has 0 atom stereocenters. The topological polar surface area (TPSA) is 37.4 Å². The molecule has 0 N–H and O–H groups in total. The summed E-state index contributed by atoms with van der Waals surface area (Å²) in [5.74, 6) is -0.308. The lowest BCUT2D eigenvalue weighted by Crippen LogP contribution is -2.30. The van der Waals surface area contributed by atoms with Crippen molar-refractivity contribution in [3.8, 4) is 0 Å². The van der Waals surface area contributed by atoms with Gasteiger partial charge in [0.1, 0.15) is 0 Å². The van der Waals surface area contributed by atoms with Crippen molar-refractivity contribution in [1.82, 2.24) is 4.90 Å². The molecule has 0 bridgehead atoms. The minimum atomic E-state index is -0.308. The molecule has 1 aliphatic heterocycles. The summed E-state index contributed by atoms with van der Waals surface area (Å²) in [6.45, 7) is 0.349. The molecule has 122 valence electrons. The third kappa shape index (κ3) is 3.66. The Kier molecular flexibility index (Phi) is 5.29. The molecule has 24 heavy (non-hydrogen) atoms. The summed E-state index contributed by atoms with van der Waals surface area (Å²) in [5.41, 5.74) is 1.63. The molecule has 2 aromatic rings. The first-order valence-corrected chi connectivity index (χ1v) is 8.87. The Morgan fingerprint density at radius 1 is 0.958 bits per heavy atom. The molecule has 1 saturated heterocycles. The zero-order chi connectivity index (χ0) is 17.1. The summed E-state index contributed by atoms with van der Waals surface area (Å²) in [6, 6.07) is 14.9. The number of halogens is 2. The fourth-order valence-electron chi connectivity index (χ4n) is 2.36. The van der Waals surface area contributed by atoms with E-state index in [4.69, 9.17) is 23.2 Å². The summed E-state index contributed by atoms with van der Waals surface area (Å²) in [4.78, 5) is 26.2. The van der Waals surface area contributed by atoms with E-state index in [1.165, 1.54) is 4.90 Å². The number of rotatable bonds is 4. The number of carbonyl (C=O) groups is 2. The van der Waals surface area contributed by atoms with Gasteiger partial charge in [0.15, 0.2) is 0 Å². The highest BCUT2D eigenvalue weighted by Crippen LogP contribution is 2.35. The van der Waals surface area contributed by atoms with Gasteiger partial charge in [-0.05, 0) is 42.0 Å². The van der Waals surface area contributed by atoms with Gasteiger partial charge in [-0.3, -0.25) is 14.5 Å². The largest absolute Gasteiger partial charge is 0.293 e. The lowest BCUT2D eigenvalue weighted by atomic mass is 10.1. The van der Waals surface area contributed by atoms with E-state index < -0.39 is 0 Å². The normalized spacial score (nSPS) is 16.2. The van der Waals surface area contributed by atoms with Crippen LogP contribution in [0.4, 0.5) is 4.79 Å². The Morgan fingerprint density at radius 2 is 1.62 bits per heavy atom. The molecule has 2 aromatic carbocycles. The standard InChI is InChI=1S/C18H13Cl2NO2S/c19-14-7-4-8-15(20)13(14)11-16-17(22)21(18(23)24-16)10-9-12-5-2-1-3-6-12/h1-8,11H,9-10H2/b16-11+. The fourth-order valence-corrected chi connectivity index (χ4v) is 3.71. The first-order chi connectivity index (χ1) is 11.6. The number of imide groups is 1. The quantitative estimate of drug-likeness (QED) is 0.680. The lowest BCUT2D eigenvalue weighted by molar-refractivity contribution is -0.122. The van der Waals surface area contributed by atoms with E-state index in [9.17, 15) is 9.59 Å². The van der Waals surface area contributed by atoms with Crippen molar-refractivity contribution in [2.24, 2.45) is 0 Å². The number of hydrogen-bond donors (Lipinski definition) is 0. The molecular weight excluding hydrogens is 365 g/mol. The molecule has 1 fully saturated rings. The van der Waals surface area contributed by atoms with Crippen molar-refractivity contribution in [2.75, 3.05) is 6.54 Å². The SMILES string of the molecule is O=C1S/C(=C/c2c(Cl)cccc2Cl)C(=O)N1CCc1ccccc1. The van der Waals surface area contributed by atoms with E-state index in [-0.39, 0.29) is 11.1 Å². The summed E-state index contributed by atoms with van der Waals surface area (Å²) in [6.07, 6.45) is 2.21. The van der Waals surface area contributed by atoms with Crippen molar-refractivity contribution in [3.63, 3.8) is 0 Å². The van der Waals surface area contributed by atoms with Gasteiger partial charge in [0.2, 0.25) is 0 Å². The fraction of sp³-hybridized carbons (Fsp3) is 0.111. The van der Waals surface area contributed by atoms with Gasteiger partial charge in [0.05, 0.1) is 4.91 Å². The van der Waals surface area contributed by atoms with E-state index in [0.717, 1.165) is 17.3 Å². The lowest BCUT2D eigenvalue weighted by Gasteiger charge is -2.12. The number of hydrogen-bond acceptors (Lipinski definition) is 3. The van der Waals surface area contributed by atoms with Gasteiger partial charge in [0.25, 0.3) is 11.1 Å². The van der Waals surface area contributed by atoms with Crippen molar-refractivity contribution >= 4 is 52.2 Å². The highest BCUT2D eigenvalue weighted by molar-refractivity contribution is 8.18. The average molecular weight is 378 g/mol. The monoisotopic (exact) mass is 377 g/mol. The molecule has 1 aliphatic rings. The Morgan fingerprint density at radius 3 is 2.29 bits per heavy atom. The van der Waals surface area contributed by atoms with Gasteiger partial charge >= 0.3 is 0 Å². The first kappa shape index (κ1) is 17.1. The van der Waals surface area contributed by atoms with E-state index in [0.29, 0.717) is 33.5 Å². The van der Waals surface area contributed by atoms with Crippen LogP contribution in [0.15, 0.2) is 53.4 Å². The summed E-state index contributed by atoms with van der Waals surface area (Å²) in [7, 11) is 0. The molecule has 6 heteroatoms. The molecule has 0 aliphatic carbocycles. The molecule has 2 amide bonds. The van der Waals surface area contributed by atoms with Gasteiger partial charge in [0, 0.05) is 22.2 Å². The zero-order valence-corrected chi connectivity index (χ0v) is 14.9. The van der Waals surface area contributed by atoms with E-state index in [1.54, 1.807) is 24.3 Å². The summed E-state index contributed by atoms with van der Waals surface area (Å²) >= 11 is 13.2. The minimum absolute atomic E-state index is 0.273. The number of amides is 2. The molecule has 3 rings (SSSR count). The Bertz CT molecular complexity index is 801. The molecule has 0 spiro atoms. The molecule has 3 nitrogen and oxygen atoms in total. The second-order valence-electron chi connectivity index (χ2n) is 5.20. The van der Waals surface area contributed by atoms with E-state index in [2.05, 4.69) is 0 Å².